The molecule has 0 N–H and O–H groups in total. The zero-order chi connectivity index (χ0) is 16.1. The second-order valence-electron chi connectivity index (χ2n) is 5.14. The van der Waals surface area contributed by atoms with Crippen LogP contribution < -0.4 is 4.74 Å². The van der Waals surface area contributed by atoms with Crippen molar-refractivity contribution in [2.24, 2.45) is 4.36 Å². The molecule has 2 aromatic rings. The second-order valence-corrected chi connectivity index (χ2v) is 7.30. The Morgan fingerprint density at radius 3 is 2.30 bits per heavy atom. The maximum Gasteiger partial charge on any atom is 0.144 e. The highest BCUT2D eigenvalue weighted by Gasteiger charge is 2.24. The van der Waals surface area contributed by atoms with Crippen molar-refractivity contribution >= 4 is 15.6 Å². The lowest BCUT2D eigenvalue weighted by Crippen LogP contribution is -2.40. The number of benzene rings is 2. The summed E-state index contributed by atoms with van der Waals surface area (Å²) >= 11 is 0. The Hall–Kier alpha value is -1.89. The maximum absolute atomic E-state index is 13.7. The molecule has 1 aliphatic rings. The van der Waals surface area contributed by atoms with Crippen molar-refractivity contribution in [2.75, 3.05) is 33.4 Å². The van der Waals surface area contributed by atoms with Crippen LogP contribution in [0.4, 0.5) is 5.69 Å². The highest BCUT2D eigenvalue weighted by Crippen LogP contribution is 2.26. The third-order valence-electron chi connectivity index (χ3n) is 3.67. The van der Waals surface area contributed by atoms with Gasteiger partial charge in [0.15, 0.2) is 0 Å². The summed E-state index contributed by atoms with van der Waals surface area (Å²) in [6, 6.07) is 16.7. The fraction of sp³-hybridized carbons (Fsp3) is 0.294. The molecule has 1 aliphatic heterocycles. The third kappa shape index (κ3) is 3.55. The Balaban J connectivity index is 2.06. The summed E-state index contributed by atoms with van der Waals surface area (Å²) in [6.45, 7) is 2.35. The summed E-state index contributed by atoms with van der Waals surface area (Å²) in [4.78, 5) is 0.720. The molecule has 0 aromatic heterocycles. The molecule has 2 aromatic carbocycles. The number of rotatable bonds is 4. The van der Waals surface area contributed by atoms with Gasteiger partial charge in [-0.3, -0.25) is 0 Å². The molecule has 1 atom stereocenters. The maximum atomic E-state index is 13.7. The number of nitrogens with zero attached hydrogens (tertiary/aromatic N) is 2. The highest BCUT2D eigenvalue weighted by atomic mass is 32.2. The second kappa shape index (κ2) is 7.12. The Labute approximate surface area is 137 Å². The van der Waals surface area contributed by atoms with Gasteiger partial charge in [0.2, 0.25) is 0 Å². The number of morpholine rings is 1. The van der Waals surface area contributed by atoms with Gasteiger partial charge in [-0.1, -0.05) is 18.2 Å². The van der Waals surface area contributed by atoms with Gasteiger partial charge >= 0.3 is 0 Å². The highest BCUT2D eigenvalue weighted by molar-refractivity contribution is 7.91. The lowest BCUT2D eigenvalue weighted by atomic mass is 10.3. The van der Waals surface area contributed by atoms with Gasteiger partial charge in [0.1, 0.15) is 15.7 Å². The summed E-state index contributed by atoms with van der Waals surface area (Å²) in [7, 11) is -1.09. The summed E-state index contributed by atoms with van der Waals surface area (Å²) < 4.78 is 30.8. The van der Waals surface area contributed by atoms with E-state index >= 15 is 0 Å². The summed E-state index contributed by atoms with van der Waals surface area (Å²) in [5.74, 6) is 0.751. The van der Waals surface area contributed by atoms with Gasteiger partial charge < -0.3 is 9.47 Å². The molecule has 1 heterocycles. The first-order chi connectivity index (χ1) is 11.2. The minimum absolute atomic E-state index is 0.571. The summed E-state index contributed by atoms with van der Waals surface area (Å²) in [5, 5.41) is 0. The van der Waals surface area contributed by atoms with Crippen molar-refractivity contribution in [3.05, 3.63) is 54.6 Å². The van der Waals surface area contributed by atoms with E-state index in [4.69, 9.17) is 9.47 Å². The molecular formula is C17H20N2O3S. The van der Waals surface area contributed by atoms with E-state index in [1.165, 1.54) is 0 Å². The van der Waals surface area contributed by atoms with Crippen molar-refractivity contribution in [3.8, 4) is 5.75 Å². The average Bonchev–Trinajstić information content (AvgIpc) is 2.64. The molecule has 3 rings (SSSR count). The molecule has 23 heavy (non-hydrogen) atoms. The molecule has 5 nitrogen and oxygen atoms in total. The molecule has 1 unspecified atom stereocenters. The average molecular weight is 332 g/mol. The van der Waals surface area contributed by atoms with Crippen LogP contribution in [0, 0.1) is 0 Å². The van der Waals surface area contributed by atoms with E-state index < -0.39 is 9.92 Å². The van der Waals surface area contributed by atoms with Crippen LogP contribution in [0.15, 0.2) is 63.9 Å². The predicted molar refractivity (Wildman–Crippen MR) is 90.3 cm³/mol. The van der Waals surface area contributed by atoms with Crippen LogP contribution in [0.25, 0.3) is 0 Å². The Bertz CT molecular complexity index is 747. The third-order valence-corrected chi connectivity index (χ3v) is 6.08. The first-order valence-electron chi connectivity index (χ1n) is 7.51. The van der Waals surface area contributed by atoms with Gasteiger partial charge in [0.05, 0.1) is 30.9 Å². The molecule has 0 saturated carbocycles. The lowest BCUT2D eigenvalue weighted by molar-refractivity contribution is 0.0745. The number of hydrogen-bond donors (Lipinski definition) is 0. The van der Waals surface area contributed by atoms with E-state index in [1.54, 1.807) is 7.11 Å². The molecule has 0 spiro atoms. The van der Waals surface area contributed by atoms with E-state index in [9.17, 15) is 4.21 Å². The van der Waals surface area contributed by atoms with Gasteiger partial charge in [-0.25, -0.2) is 8.51 Å². The van der Waals surface area contributed by atoms with Gasteiger partial charge in [-0.15, -0.1) is 0 Å². The minimum atomic E-state index is -2.70. The van der Waals surface area contributed by atoms with E-state index in [1.807, 2.05) is 58.9 Å². The smallest absolute Gasteiger partial charge is 0.144 e. The van der Waals surface area contributed by atoms with Gasteiger partial charge in [0.25, 0.3) is 0 Å². The van der Waals surface area contributed by atoms with Crippen LogP contribution in [-0.2, 0) is 14.7 Å². The predicted octanol–water partition coefficient (Wildman–Crippen LogP) is 3.10. The van der Waals surface area contributed by atoms with Gasteiger partial charge in [-0.05, 0) is 36.4 Å². The Morgan fingerprint density at radius 1 is 1.04 bits per heavy atom. The molecule has 1 fully saturated rings. The first-order valence-corrected chi connectivity index (χ1v) is 8.99. The van der Waals surface area contributed by atoms with Crippen molar-refractivity contribution in [1.82, 2.24) is 4.31 Å². The van der Waals surface area contributed by atoms with Crippen molar-refractivity contribution < 1.29 is 13.7 Å². The minimum Gasteiger partial charge on any atom is -0.497 e. The number of methoxy groups -OCH3 is 1. The fourth-order valence-corrected chi connectivity index (χ4v) is 4.52. The van der Waals surface area contributed by atoms with E-state index in [2.05, 4.69) is 4.36 Å². The topological polar surface area (TPSA) is 51.1 Å². The quantitative estimate of drug-likeness (QED) is 0.864. The molecular weight excluding hydrogens is 312 g/mol. The lowest BCUT2D eigenvalue weighted by Gasteiger charge is -2.29. The largest absolute Gasteiger partial charge is 0.497 e. The van der Waals surface area contributed by atoms with Crippen LogP contribution in [0.2, 0.25) is 0 Å². The molecule has 6 heteroatoms. The van der Waals surface area contributed by atoms with Crippen LogP contribution in [0.3, 0.4) is 0 Å². The van der Waals surface area contributed by atoms with Gasteiger partial charge in [0, 0.05) is 13.1 Å². The number of ether oxygens (including phenoxy) is 2. The molecule has 0 radical (unpaired) electrons. The summed E-state index contributed by atoms with van der Waals surface area (Å²) in [5.41, 5.74) is 0.672. The SMILES string of the molecule is COc1ccc(N=S(=O)(c2ccccc2)N2CCOCC2)cc1. The van der Waals surface area contributed by atoms with Crippen LogP contribution >= 0.6 is 0 Å². The van der Waals surface area contributed by atoms with Crippen LogP contribution in [-0.4, -0.2) is 41.9 Å². The van der Waals surface area contributed by atoms with Crippen LogP contribution in [0.1, 0.15) is 0 Å². The first kappa shape index (κ1) is 16.0. The van der Waals surface area contributed by atoms with Crippen molar-refractivity contribution in [3.63, 3.8) is 0 Å². The zero-order valence-corrected chi connectivity index (χ0v) is 13.9. The van der Waals surface area contributed by atoms with E-state index in [-0.39, 0.29) is 0 Å². The molecule has 0 bridgehead atoms. The van der Waals surface area contributed by atoms with Crippen molar-refractivity contribution in [1.29, 1.82) is 0 Å². The van der Waals surface area contributed by atoms with E-state index in [0.717, 1.165) is 10.6 Å². The standard InChI is InChI=1S/C17H20N2O3S/c1-21-16-9-7-15(8-10-16)18-23(20,17-5-3-2-4-6-17)19-11-13-22-14-12-19/h2-10H,11-14H2,1H3. The Morgan fingerprint density at radius 2 is 1.70 bits per heavy atom. The zero-order valence-electron chi connectivity index (χ0n) is 13.1. The molecule has 0 amide bonds. The monoisotopic (exact) mass is 332 g/mol. The van der Waals surface area contributed by atoms with Crippen LogP contribution in [0.5, 0.6) is 5.75 Å². The number of hydrogen-bond acceptors (Lipinski definition) is 4. The normalized spacial score (nSPS) is 18.1. The molecule has 0 aliphatic carbocycles. The molecule has 1 saturated heterocycles. The Kier molecular flexibility index (Phi) is 4.95. The summed E-state index contributed by atoms with van der Waals surface area (Å²) in [6.07, 6.45) is 0. The van der Waals surface area contributed by atoms with Gasteiger partial charge in [-0.2, -0.15) is 4.36 Å². The fourth-order valence-electron chi connectivity index (χ4n) is 2.44. The van der Waals surface area contributed by atoms with Crippen molar-refractivity contribution in [2.45, 2.75) is 4.90 Å². The molecule has 122 valence electrons. The van der Waals surface area contributed by atoms with E-state index in [0.29, 0.717) is 32.0 Å².